The zero-order valence-corrected chi connectivity index (χ0v) is 20.2. The van der Waals surface area contributed by atoms with Gasteiger partial charge in [0, 0.05) is 45.0 Å². The zero-order chi connectivity index (χ0) is 20.9. The maximum absolute atomic E-state index is 12.5. The molecule has 0 aromatic heterocycles. The Balaban J connectivity index is 0.00000450. The number of hydrogen-bond acceptors (Lipinski definition) is 4. The third-order valence-corrected chi connectivity index (χ3v) is 4.50. The number of benzene rings is 1. The van der Waals surface area contributed by atoms with E-state index in [1.165, 1.54) is 0 Å². The average Bonchev–Trinajstić information content (AvgIpc) is 2.74. The molecular weight excluding hydrogens is 497 g/mol. The van der Waals surface area contributed by atoms with Gasteiger partial charge < -0.3 is 25.6 Å². The Morgan fingerprint density at radius 2 is 1.97 bits per heavy atom. The summed E-state index contributed by atoms with van der Waals surface area (Å²) in [5.41, 5.74) is 1.61. The van der Waals surface area contributed by atoms with Gasteiger partial charge in [0.25, 0.3) is 5.91 Å². The molecule has 0 radical (unpaired) electrons. The van der Waals surface area contributed by atoms with Gasteiger partial charge in [-0.1, -0.05) is 12.1 Å². The average molecular weight is 531 g/mol. The van der Waals surface area contributed by atoms with Crippen LogP contribution in [-0.2, 0) is 16.1 Å². The summed E-state index contributed by atoms with van der Waals surface area (Å²) in [7, 11) is 0. The maximum atomic E-state index is 12.5. The van der Waals surface area contributed by atoms with Gasteiger partial charge in [0.2, 0.25) is 5.91 Å². The van der Waals surface area contributed by atoms with E-state index in [4.69, 9.17) is 4.74 Å². The molecule has 0 unspecified atom stereocenters. The fourth-order valence-electron chi connectivity index (χ4n) is 2.94. The molecule has 0 spiro atoms. The number of ether oxygens (including phenoxy) is 1. The van der Waals surface area contributed by atoms with E-state index >= 15 is 0 Å². The van der Waals surface area contributed by atoms with Crippen LogP contribution in [0.15, 0.2) is 29.3 Å². The SMILES string of the molecule is CCNC(=NCc1ccc(C(=O)N2CCNC(=O)C2)cc1)NCCCCOCC.I. The Bertz CT molecular complexity index is 682. The molecule has 0 aliphatic carbocycles. The van der Waals surface area contributed by atoms with Crippen molar-refractivity contribution in [3.63, 3.8) is 0 Å². The van der Waals surface area contributed by atoms with Gasteiger partial charge in [-0.15, -0.1) is 24.0 Å². The van der Waals surface area contributed by atoms with Gasteiger partial charge in [0.15, 0.2) is 5.96 Å². The lowest BCUT2D eigenvalue weighted by Crippen LogP contribution is -2.49. The number of unbranched alkanes of at least 4 members (excludes halogenated alkanes) is 1. The van der Waals surface area contributed by atoms with Crippen LogP contribution in [0.1, 0.15) is 42.6 Å². The second-order valence-electron chi connectivity index (χ2n) is 6.80. The molecule has 168 valence electrons. The fraction of sp³-hybridized carbons (Fsp3) is 0.571. The predicted octanol–water partition coefficient (Wildman–Crippen LogP) is 1.75. The van der Waals surface area contributed by atoms with Crippen LogP contribution in [0.2, 0.25) is 0 Å². The number of guanidine groups is 1. The lowest BCUT2D eigenvalue weighted by Gasteiger charge is -2.26. The number of rotatable bonds is 10. The number of piperazine rings is 1. The first-order chi connectivity index (χ1) is 14.1. The minimum atomic E-state index is -0.114. The normalized spacial score (nSPS) is 14.0. The second kappa shape index (κ2) is 15.0. The number of carbonyl (C=O) groups excluding carboxylic acids is 2. The summed E-state index contributed by atoms with van der Waals surface area (Å²) in [6, 6.07) is 7.42. The Kier molecular flexibility index (Phi) is 13.1. The highest BCUT2D eigenvalue weighted by atomic mass is 127. The molecule has 1 aliphatic rings. The van der Waals surface area contributed by atoms with Crippen molar-refractivity contribution in [1.29, 1.82) is 0 Å². The summed E-state index contributed by atoms with van der Waals surface area (Å²) >= 11 is 0. The number of aliphatic imine (C=N–C) groups is 1. The Morgan fingerprint density at radius 3 is 2.63 bits per heavy atom. The summed E-state index contributed by atoms with van der Waals surface area (Å²) in [4.78, 5) is 30.2. The van der Waals surface area contributed by atoms with E-state index in [2.05, 4.69) is 20.9 Å². The number of nitrogens with zero attached hydrogens (tertiary/aromatic N) is 2. The molecule has 8 nitrogen and oxygen atoms in total. The highest BCUT2D eigenvalue weighted by molar-refractivity contribution is 14.0. The molecule has 1 aromatic carbocycles. The molecule has 2 rings (SSSR count). The van der Waals surface area contributed by atoms with Crippen LogP contribution < -0.4 is 16.0 Å². The molecule has 1 aromatic rings. The highest BCUT2D eigenvalue weighted by Gasteiger charge is 2.21. The number of amides is 2. The van der Waals surface area contributed by atoms with E-state index in [1.807, 2.05) is 26.0 Å². The monoisotopic (exact) mass is 531 g/mol. The summed E-state index contributed by atoms with van der Waals surface area (Å²) in [5.74, 6) is 0.553. The lowest BCUT2D eigenvalue weighted by atomic mass is 10.1. The third-order valence-electron chi connectivity index (χ3n) is 4.50. The number of carbonyl (C=O) groups is 2. The van der Waals surface area contributed by atoms with Gasteiger partial charge in [-0.2, -0.15) is 0 Å². The Labute approximate surface area is 196 Å². The van der Waals surface area contributed by atoms with Crippen molar-refractivity contribution in [2.24, 2.45) is 4.99 Å². The quantitative estimate of drug-likeness (QED) is 0.185. The lowest BCUT2D eigenvalue weighted by molar-refractivity contribution is -0.123. The zero-order valence-electron chi connectivity index (χ0n) is 17.9. The summed E-state index contributed by atoms with van der Waals surface area (Å²) in [6.07, 6.45) is 2.05. The first-order valence-electron chi connectivity index (χ1n) is 10.4. The second-order valence-corrected chi connectivity index (χ2v) is 6.80. The Morgan fingerprint density at radius 1 is 1.20 bits per heavy atom. The minimum Gasteiger partial charge on any atom is -0.382 e. The smallest absolute Gasteiger partial charge is 0.254 e. The number of hydrogen-bond donors (Lipinski definition) is 3. The van der Waals surface area contributed by atoms with Crippen molar-refractivity contribution in [3.05, 3.63) is 35.4 Å². The van der Waals surface area contributed by atoms with Crippen molar-refractivity contribution >= 4 is 41.8 Å². The number of nitrogens with one attached hydrogen (secondary N) is 3. The van der Waals surface area contributed by atoms with Crippen molar-refractivity contribution in [2.45, 2.75) is 33.2 Å². The molecule has 0 saturated carbocycles. The van der Waals surface area contributed by atoms with Gasteiger partial charge >= 0.3 is 0 Å². The molecule has 1 fully saturated rings. The summed E-state index contributed by atoms with van der Waals surface area (Å²) in [6.45, 7) is 8.91. The van der Waals surface area contributed by atoms with Gasteiger partial charge in [-0.05, 0) is 44.4 Å². The van der Waals surface area contributed by atoms with Gasteiger partial charge in [0.1, 0.15) is 0 Å². The van der Waals surface area contributed by atoms with Gasteiger partial charge in [-0.3, -0.25) is 9.59 Å². The molecule has 3 N–H and O–H groups in total. The Hall–Kier alpha value is -1.88. The van der Waals surface area contributed by atoms with Crippen LogP contribution in [0.5, 0.6) is 0 Å². The molecule has 2 amide bonds. The van der Waals surface area contributed by atoms with E-state index < -0.39 is 0 Å². The summed E-state index contributed by atoms with van der Waals surface area (Å²) < 4.78 is 5.34. The topological polar surface area (TPSA) is 95.1 Å². The van der Waals surface area contributed by atoms with E-state index in [9.17, 15) is 9.59 Å². The van der Waals surface area contributed by atoms with Gasteiger partial charge in [0.05, 0.1) is 13.1 Å². The molecular formula is C21H34IN5O3. The van der Waals surface area contributed by atoms with Crippen LogP contribution in [0.3, 0.4) is 0 Å². The van der Waals surface area contributed by atoms with E-state index in [0.29, 0.717) is 25.2 Å². The van der Waals surface area contributed by atoms with E-state index in [1.54, 1.807) is 17.0 Å². The molecule has 0 bridgehead atoms. The number of halogens is 1. The van der Waals surface area contributed by atoms with Crippen molar-refractivity contribution in [1.82, 2.24) is 20.9 Å². The molecule has 1 heterocycles. The minimum absolute atomic E-state index is 0. The molecule has 1 saturated heterocycles. The van der Waals surface area contributed by atoms with E-state index in [-0.39, 0.29) is 42.3 Å². The van der Waals surface area contributed by atoms with E-state index in [0.717, 1.165) is 50.7 Å². The van der Waals surface area contributed by atoms with Crippen LogP contribution in [0.4, 0.5) is 0 Å². The largest absolute Gasteiger partial charge is 0.382 e. The fourth-order valence-corrected chi connectivity index (χ4v) is 2.94. The van der Waals surface area contributed by atoms with Crippen molar-refractivity contribution in [2.75, 3.05) is 45.9 Å². The van der Waals surface area contributed by atoms with Crippen LogP contribution in [-0.4, -0.2) is 68.6 Å². The third kappa shape index (κ3) is 9.29. The van der Waals surface area contributed by atoms with Crippen LogP contribution >= 0.6 is 24.0 Å². The molecule has 9 heteroatoms. The van der Waals surface area contributed by atoms with Crippen molar-refractivity contribution < 1.29 is 14.3 Å². The van der Waals surface area contributed by atoms with Crippen molar-refractivity contribution in [3.8, 4) is 0 Å². The predicted molar refractivity (Wildman–Crippen MR) is 129 cm³/mol. The first kappa shape index (κ1) is 26.2. The van der Waals surface area contributed by atoms with Crippen LogP contribution in [0, 0.1) is 0 Å². The standard InChI is InChI=1S/C21H33N5O3.HI/c1-3-22-21(24-11-5-6-14-29-4-2)25-15-17-7-9-18(10-8-17)20(28)26-13-12-23-19(27)16-26;/h7-10H,3-6,11-16H2,1-2H3,(H,23,27)(H2,22,24,25);1H. The first-order valence-corrected chi connectivity index (χ1v) is 10.4. The summed E-state index contributed by atoms with van der Waals surface area (Å²) in [5, 5.41) is 9.30. The molecule has 0 atom stereocenters. The highest BCUT2D eigenvalue weighted by Crippen LogP contribution is 2.10. The van der Waals surface area contributed by atoms with Gasteiger partial charge in [-0.25, -0.2) is 4.99 Å². The van der Waals surface area contributed by atoms with Crippen LogP contribution in [0.25, 0.3) is 0 Å². The maximum Gasteiger partial charge on any atom is 0.254 e. The molecule has 1 aliphatic heterocycles. The molecule has 30 heavy (non-hydrogen) atoms.